The SMILES string of the molecule is CCC1(NS(=O)(=O)CBr)CCC1. The predicted molar refractivity (Wildman–Crippen MR) is 52.7 cm³/mol. The summed E-state index contributed by atoms with van der Waals surface area (Å²) in [6.45, 7) is 2.02. The normalized spacial score (nSPS) is 21.8. The molecule has 0 radical (unpaired) electrons. The number of hydrogen-bond donors (Lipinski definition) is 1. The zero-order chi connectivity index (χ0) is 9.24. The maximum atomic E-state index is 11.2. The van der Waals surface area contributed by atoms with Crippen LogP contribution < -0.4 is 4.72 Å². The first kappa shape index (κ1) is 10.5. The molecule has 1 rings (SSSR count). The Morgan fingerprint density at radius 3 is 2.33 bits per heavy atom. The molecule has 0 heterocycles. The van der Waals surface area contributed by atoms with Crippen molar-refractivity contribution in [1.29, 1.82) is 0 Å². The summed E-state index contributed by atoms with van der Waals surface area (Å²) in [4.78, 5) is 0. The lowest BCUT2D eigenvalue weighted by Crippen LogP contribution is -2.53. The summed E-state index contributed by atoms with van der Waals surface area (Å²) in [5.74, 6) is 0. The van der Waals surface area contributed by atoms with E-state index in [0.29, 0.717) is 0 Å². The van der Waals surface area contributed by atoms with Crippen LogP contribution >= 0.6 is 15.9 Å². The number of nitrogens with one attached hydrogen (secondary N) is 1. The molecule has 0 amide bonds. The fraction of sp³-hybridized carbons (Fsp3) is 1.00. The van der Waals surface area contributed by atoms with Gasteiger partial charge in [-0.15, -0.1) is 0 Å². The van der Waals surface area contributed by atoms with E-state index in [1.807, 2.05) is 6.92 Å². The van der Waals surface area contributed by atoms with Crippen LogP contribution in [0.1, 0.15) is 32.6 Å². The van der Waals surface area contributed by atoms with Crippen molar-refractivity contribution in [2.24, 2.45) is 0 Å². The molecule has 1 aliphatic rings. The molecule has 0 aromatic heterocycles. The van der Waals surface area contributed by atoms with Crippen LogP contribution in [-0.2, 0) is 10.0 Å². The monoisotopic (exact) mass is 255 g/mol. The molecule has 0 unspecified atom stereocenters. The molecular weight excluding hydrogens is 242 g/mol. The van der Waals surface area contributed by atoms with Crippen molar-refractivity contribution in [3.63, 3.8) is 0 Å². The fourth-order valence-electron chi connectivity index (χ4n) is 1.49. The quantitative estimate of drug-likeness (QED) is 0.776. The van der Waals surface area contributed by atoms with Gasteiger partial charge in [0.25, 0.3) is 0 Å². The van der Waals surface area contributed by atoms with Crippen molar-refractivity contribution in [1.82, 2.24) is 4.72 Å². The van der Waals surface area contributed by atoms with Crippen LogP contribution in [0.25, 0.3) is 0 Å². The lowest BCUT2D eigenvalue weighted by Gasteiger charge is -2.41. The second kappa shape index (κ2) is 3.64. The Bertz CT molecular complexity index is 241. The molecule has 3 nitrogen and oxygen atoms in total. The minimum absolute atomic E-state index is 0.00174. The summed E-state index contributed by atoms with van der Waals surface area (Å²) in [6, 6.07) is 0. The van der Waals surface area contributed by atoms with Crippen LogP contribution in [0.2, 0.25) is 0 Å². The van der Waals surface area contributed by atoms with E-state index in [1.54, 1.807) is 0 Å². The Kier molecular flexibility index (Phi) is 3.17. The smallest absolute Gasteiger partial charge is 0.212 e. The molecule has 0 aromatic rings. The number of halogens is 1. The van der Waals surface area contributed by atoms with Crippen molar-refractivity contribution in [3.05, 3.63) is 0 Å². The minimum atomic E-state index is -3.08. The third-order valence-electron chi connectivity index (χ3n) is 2.50. The molecule has 12 heavy (non-hydrogen) atoms. The van der Waals surface area contributed by atoms with Gasteiger partial charge in [0.05, 0.1) is 0 Å². The predicted octanol–water partition coefficient (Wildman–Crippen LogP) is 1.59. The lowest BCUT2D eigenvalue weighted by molar-refractivity contribution is 0.214. The van der Waals surface area contributed by atoms with Crippen molar-refractivity contribution < 1.29 is 8.42 Å². The summed E-state index contributed by atoms with van der Waals surface area (Å²) in [5.41, 5.74) is -0.118. The molecule has 1 saturated carbocycles. The molecule has 1 fully saturated rings. The highest BCUT2D eigenvalue weighted by Crippen LogP contribution is 2.35. The zero-order valence-corrected chi connectivity index (χ0v) is 9.54. The molecular formula is C7H14BrNO2S. The first-order chi connectivity index (χ1) is 5.54. The lowest BCUT2D eigenvalue weighted by atomic mass is 9.76. The van der Waals surface area contributed by atoms with Crippen molar-refractivity contribution >= 4 is 26.0 Å². The van der Waals surface area contributed by atoms with Gasteiger partial charge in [-0.1, -0.05) is 22.9 Å². The van der Waals surface area contributed by atoms with Gasteiger partial charge in [0.1, 0.15) is 4.66 Å². The summed E-state index contributed by atoms with van der Waals surface area (Å²) in [5, 5.41) is 0. The van der Waals surface area contributed by atoms with Gasteiger partial charge in [0, 0.05) is 5.54 Å². The summed E-state index contributed by atoms with van der Waals surface area (Å²) < 4.78 is 25.1. The van der Waals surface area contributed by atoms with E-state index in [9.17, 15) is 8.42 Å². The number of hydrogen-bond acceptors (Lipinski definition) is 2. The third-order valence-corrected chi connectivity index (χ3v) is 5.34. The van der Waals surface area contributed by atoms with Gasteiger partial charge in [-0.2, -0.15) is 0 Å². The number of rotatable bonds is 4. The average Bonchev–Trinajstić information content (AvgIpc) is 1.97. The van der Waals surface area contributed by atoms with E-state index >= 15 is 0 Å². The van der Waals surface area contributed by atoms with E-state index in [4.69, 9.17) is 0 Å². The van der Waals surface area contributed by atoms with Gasteiger partial charge in [-0.05, 0) is 25.7 Å². The van der Waals surface area contributed by atoms with Gasteiger partial charge in [0.15, 0.2) is 0 Å². The maximum Gasteiger partial charge on any atom is 0.222 e. The Balaban J connectivity index is 2.60. The van der Waals surface area contributed by atoms with Crippen molar-refractivity contribution in [3.8, 4) is 0 Å². The number of alkyl halides is 1. The Morgan fingerprint density at radius 1 is 1.50 bits per heavy atom. The van der Waals surface area contributed by atoms with E-state index in [-0.39, 0.29) is 10.2 Å². The van der Waals surface area contributed by atoms with Gasteiger partial charge in [-0.25, -0.2) is 13.1 Å². The highest BCUT2D eigenvalue weighted by Gasteiger charge is 2.38. The molecule has 0 bridgehead atoms. The van der Waals surface area contributed by atoms with Crippen LogP contribution in [0.4, 0.5) is 0 Å². The van der Waals surface area contributed by atoms with Crippen LogP contribution in [0.5, 0.6) is 0 Å². The Hall–Kier alpha value is 0.390. The molecule has 0 spiro atoms. The van der Waals surface area contributed by atoms with E-state index in [0.717, 1.165) is 25.7 Å². The zero-order valence-electron chi connectivity index (χ0n) is 7.14. The van der Waals surface area contributed by atoms with Crippen molar-refractivity contribution in [2.45, 2.75) is 38.1 Å². The molecule has 5 heteroatoms. The molecule has 1 aliphatic carbocycles. The fourth-order valence-corrected chi connectivity index (χ4v) is 2.89. The van der Waals surface area contributed by atoms with Crippen molar-refractivity contribution in [2.75, 3.05) is 4.66 Å². The highest BCUT2D eigenvalue weighted by atomic mass is 79.9. The Morgan fingerprint density at radius 2 is 2.08 bits per heavy atom. The topological polar surface area (TPSA) is 46.2 Å². The van der Waals surface area contributed by atoms with Gasteiger partial charge in [0.2, 0.25) is 10.0 Å². The molecule has 72 valence electrons. The van der Waals surface area contributed by atoms with Crippen LogP contribution in [0.15, 0.2) is 0 Å². The van der Waals surface area contributed by atoms with Gasteiger partial charge >= 0.3 is 0 Å². The molecule has 0 atom stereocenters. The maximum absolute atomic E-state index is 11.2. The number of sulfonamides is 1. The van der Waals surface area contributed by atoms with Crippen LogP contribution in [0.3, 0.4) is 0 Å². The molecule has 0 aromatic carbocycles. The van der Waals surface area contributed by atoms with E-state index in [2.05, 4.69) is 20.7 Å². The standard InChI is InChI=1S/C7H14BrNO2S/c1-2-7(4-3-5-7)9-12(10,11)6-8/h9H,2-6H2,1H3. The Labute approximate surface area is 82.1 Å². The van der Waals surface area contributed by atoms with Gasteiger partial charge < -0.3 is 0 Å². The van der Waals surface area contributed by atoms with Crippen LogP contribution in [0, 0.1) is 0 Å². The minimum Gasteiger partial charge on any atom is -0.212 e. The highest BCUT2D eigenvalue weighted by molar-refractivity contribution is 9.10. The van der Waals surface area contributed by atoms with Gasteiger partial charge in [-0.3, -0.25) is 0 Å². The second-order valence-corrected chi connectivity index (χ2v) is 6.34. The second-order valence-electron chi connectivity index (χ2n) is 3.31. The average molecular weight is 256 g/mol. The first-order valence-electron chi connectivity index (χ1n) is 4.11. The first-order valence-corrected chi connectivity index (χ1v) is 6.88. The molecule has 0 saturated heterocycles. The van der Waals surface area contributed by atoms with Crippen LogP contribution in [-0.4, -0.2) is 18.6 Å². The summed E-state index contributed by atoms with van der Waals surface area (Å²) in [6.07, 6.45) is 3.99. The molecule has 1 N–H and O–H groups in total. The van der Waals surface area contributed by atoms with E-state index < -0.39 is 10.0 Å². The third kappa shape index (κ3) is 2.20. The summed E-state index contributed by atoms with van der Waals surface area (Å²) >= 11 is 2.96. The largest absolute Gasteiger partial charge is 0.222 e. The molecule has 0 aliphatic heterocycles. The van der Waals surface area contributed by atoms with E-state index in [1.165, 1.54) is 0 Å². The summed E-state index contributed by atoms with van der Waals surface area (Å²) in [7, 11) is -3.08.